The van der Waals surface area contributed by atoms with Gasteiger partial charge in [0.1, 0.15) is 5.54 Å². The van der Waals surface area contributed by atoms with Crippen molar-refractivity contribution in [3.05, 3.63) is 30.3 Å². The van der Waals surface area contributed by atoms with E-state index in [4.69, 9.17) is 0 Å². The predicted octanol–water partition coefficient (Wildman–Crippen LogP) is 1.62. The van der Waals surface area contributed by atoms with Crippen LogP contribution in [0.15, 0.2) is 35.2 Å². The van der Waals surface area contributed by atoms with Crippen LogP contribution in [0.3, 0.4) is 0 Å². The predicted molar refractivity (Wildman–Crippen MR) is 89.1 cm³/mol. The average Bonchev–Trinajstić information content (AvgIpc) is 2.71. The van der Waals surface area contributed by atoms with Crippen molar-refractivity contribution in [2.24, 2.45) is 0 Å². The molecule has 2 rings (SSSR count). The summed E-state index contributed by atoms with van der Waals surface area (Å²) >= 11 is 1.66. The van der Waals surface area contributed by atoms with E-state index in [0.717, 1.165) is 15.5 Å². The van der Waals surface area contributed by atoms with Gasteiger partial charge in [-0.15, -0.1) is 11.8 Å². The van der Waals surface area contributed by atoms with E-state index in [1.165, 1.54) is 0 Å². The number of urea groups is 1. The minimum absolute atomic E-state index is 0.103. The van der Waals surface area contributed by atoms with E-state index in [9.17, 15) is 14.4 Å². The van der Waals surface area contributed by atoms with E-state index < -0.39 is 11.6 Å². The molecule has 0 bridgehead atoms. The van der Waals surface area contributed by atoms with Gasteiger partial charge < -0.3 is 10.6 Å². The number of imide groups is 1. The Kier molecular flexibility index (Phi) is 5.65. The molecule has 124 valence electrons. The maximum Gasteiger partial charge on any atom is 0.325 e. The van der Waals surface area contributed by atoms with Crippen LogP contribution in [0.5, 0.6) is 0 Å². The summed E-state index contributed by atoms with van der Waals surface area (Å²) in [6.45, 7) is 3.94. The maximum atomic E-state index is 12.0. The van der Waals surface area contributed by atoms with Crippen LogP contribution in [-0.4, -0.2) is 47.1 Å². The topological polar surface area (TPSA) is 78.5 Å². The van der Waals surface area contributed by atoms with Crippen LogP contribution in [0.4, 0.5) is 4.79 Å². The van der Waals surface area contributed by atoms with Gasteiger partial charge >= 0.3 is 6.03 Å². The summed E-state index contributed by atoms with van der Waals surface area (Å²) in [4.78, 5) is 37.7. The van der Waals surface area contributed by atoms with Gasteiger partial charge in [0, 0.05) is 30.2 Å². The third-order valence-corrected chi connectivity index (χ3v) is 4.46. The summed E-state index contributed by atoms with van der Waals surface area (Å²) in [6, 6.07) is 9.51. The molecule has 1 heterocycles. The monoisotopic (exact) mass is 335 g/mol. The summed E-state index contributed by atoms with van der Waals surface area (Å²) in [5.74, 6) is 0.310. The van der Waals surface area contributed by atoms with E-state index >= 15 is 0 Å². The summed E-state index contributed by atoms with van der Waals surface area (Å²) < 4.78 is 0. The SMILES string of the molecule is CC1(C)NC(=O)N(CCC(=O)NCCSc2ccccc2)C1=O. The molecule has 1 saturated heterocycles. The van der Waals surface area contributed by atoms with E-state index in [1.54, 1.807) is 25.6 Å². The lowest BCUT2D eigenvalue weighted by Gasteiger charge is -2.15. The van der Waals surface area contributed by atoms with E-state index in [0.29, 0.717) is 6.54 Å². The molecule has 0 aromatic heterocycles. The summed E-state index contributed by atoms with van der Waals surface area (Å²) in [5, 5.41) is 5.39. The van der Waals surface area contributed by atoms with Crippen molar-refractivity contribution in [3.8, 4) is 0 Å². The Balaban J connectivity index is 1.66. The maximum absolute atomic E-state index is 12.0. The first-order valence-electron chi connectivity index (χ1n) is 7.49. The van der Waals surface area contributed by atoms with Crippen LogP contribution in [0.25, 0.3) is 0 Å². The quantitative estimate of drug-likeness (QED) is 0.451. The zero-order valence-corrected chi connectivity index (χ0v) is 14.1. The number of hydrogen-bond acceptors (Lipinski definition) is 4. The number of nitrogens with one attached hydrogen (secondary N) is 2. The number of carbonyl (C=O) groups excluding carboxylic acids is 3. The first-order valence-corrected chi connectivity index (χ1v) is 8.47. The van der Waals surface area contributed by atoms with Crippen LogP contribution < -0.4 is 10.6 Å². The van der Waals surface area contributed by atoms with Crippen molar-refractivity contribution in [1.82, 2.24) is 15.5 Å². The lowest BCUT2D eigenvalue weighted by molar-refractivity contribution is -0.130. The Morgan fingerprint density at radius 3 is 2.57 bits per heavy atom. The summed E-state index contributed by atoms with van der Waals surface area (Å²) in [6.07, 6.45) is 0.116. The fourth-order valence-electron chi connectivity index (χ4n) is 2.20. The van der Waals surface area contributed by atoms with Crippen molar-refractivity contribution in [1.29, 1.82) is 0 Å². The van der Waals surface area contributed by atoms with Crippen molar-refractivity contribution < 1.29 is 14.4 Å². The second-order valence-electron chi connectivity index (χ2n) is 5.77. The van der Waals surface area contributed by atoms with Crippen LogP contribution in [-0.2, 0) is 9.59 Å². The number of carbonyl (C=O) groups is 3. The molecule has 6 nitrogen and oxygen atoms in total. The van der Waals surface area contributed by atoms with Gasteiger partial charge in [-0.25, -0.2) is 4.79 Å². The van der Waals surface area contributed by atoms with Gasteiger partial charge in [0.05, 0.1) is 0 Å². The largest absolute Gasteiger partial charge is 0.355 e. The minimum atomic E-state index is -0.889. The highest BCUT2D eigenvalue weighted by Gasteiger charge is 2.43. The highest BCUT2D eigenvalue weighted by molar-refractivity contribution is 7.99. The molecule has 0 spiro atoms. The van der Waals surface area contributed by atoms with Crippen molar-refractivity contribution in [2.45, 2.75) is 30.7 Å². The number of benzene rings is 1. The van der Waals surface area contributed by atoms with Crippen LogP contribution >= 0.6 is 11.8 Å². The molecule has 0 saturated carbocycles. The molecule has 1 aliphatic rings. The molecule has 2 N–H and O–H groups in total. The van der Waals surface area contributed by atoms with Gasteiger partial charge in [0.2, 0.25) is 5.91 Å². The second kappa shape index (κ2) is 7.50. The van der Waals surface area contributed by atoms with Gasteiger partial charge in [-0.1, -0.05) is 18.2 Å². The molecule has 1 aromatic carbocycles. The smallest absolute Gasteiger partial charge is 0.325 e. The van der Waals surface area contributed by atoms with Crippen LogP contribution in [0.2, 0.25) is 0 Å². The van der Waals surface area contributed by atoms with Crippen molar-refractivity contribution >= 4 is 29.6 Å². The van der Waals surface area contributed by atoms with Gasteiger partial charge in [-0.3, -0.25) is 14.5 Å². The standard InChI is InChI=1S/C16H21N3O3S/c1-16(2)14(21)19(15(22)18-16)10-8-13(20)17-9-11-23-12-6-4-3-5-7-12/h3-7H,8-11H2,1-2H3,(H,17,20)(H,18,22). The lowest BCUT2D eigenvalue weighted by Crippen LogP contribution is -2.40. The molecule has 0 aliphatic carbocycles. The Morgan fingerprint density at radius 2 is 1.96 bits per heavy atom. The van der Waals surface area contributed by atoms with Crippen LogP contribution in [0, 0.1) is 0 Å². The Bertz CT molecular complexity index is 589. The van der Waals surface area contributed by atoms with Gasteiger partial charge in [-0.05, 0) is 26.0 Å². The molecule has 23 heavy (non-hydrogen) atoms. The zero-order valence-electron chi connectivity index (χ0n) is 13.3. The first kappa shape index (κ1) is 17.3. The normalized spacial score (nSPS) is 16.3. The Labute approximate surface area is 140 Å². The summed E-state index contributed by atoms with van der Waals surface area (Å²) in [7, 11) is 0. The highest BCUT2D eigenvalue weighted by atomic mass is 32.2. The van der Waals surface area contributed by atoms with Crippen molar-refractivity contribution in [3.63, 3.8) is 0 Å². The molecular weight excluding hydrogens is 314 g/mol. The minimum Gasteiger partial charge on any atom is -0.355 e. The lowest BCUT2D eigenvalue weighted by atomic mass is 10.1. The molecule has 7 heteroatoms. The third-order valence-electron chi connectivity index (χ3n) is 3.44. The molecule has 4 amide bonds. The molecular formula is C16H21N3O3S. The number of thioether (sulfide) groups is 1. The van der Waals surface area contributed by atoms with Gasteiger partial charge in [0.15, 0.2) is 0 Å². The number of rotatable bonds is 7. The number of amides is 4. The molecule has 0 radical (unpaired) electrons. The fourth-order valence-corrected chi connectivity index (χ4v) is 2.99. The summed E-state index contributed by atoms with van der Waals surface area (Å²) in [5.41, 5.74) is -0.889. The number of hydrogen-bond donors (Lipinski definition) is 2. The highest BCUT2D eigenvalue weighted by Crippen LogP contribution is 2.17. The third kappa shape index (κ3) is 4.72. The molecule has 1 aromatic rings. The molecule has 1 fully saturated rings. The molecule has 0 atom stereocenters. The Hall–Kier alpha value is -2.02. The average molecular weight is 335 g/mol. The molecule has 0 unspecified atom stereocenters. The van der Waals surface area contributed by atoms with Crippen molar-refractivity contribution in [2.75, 3.05) is 18.8 Å². The van der Waals surface area contributed by atoms with E-state index in [2.05, 4.69) is 10.6 Å². The Morgan fingerprint density at radius 1 is 1.26 bits per heavy atom. The second-order valence-corrected chi connectivity index (χ2v) is 6.94. The zero-order chi connectivity index (χ0) is 16.9. The molecule has 1 aliphatic heterocycles. The van der Waals surface area contributed by atoms with E-state index in [1.807, 2.05) is 30.3 Å². The van der Waals surface area contributed by atoms with Gasteiger partial charge in [-0.2, -0.15) is 0 Å². The van der Waals surface area contributed by atoms with E-state index in [-0.39, 0.29) is 24.8 Å². The number of nitrogens with zero attached hydrogens (tertiary/aromatic N) is 1. The first-order chi connectivity index (χ1) is 10.9. The van der Waals surface area contributed by atoms with Crippen LogP contribution in [0.1, 0.15) is 20.3 Å². The fraction of sp³-hybridized carbons (Fsp3) is 0.438. The van der Waals surface area contributed by atoms with Gasteiger partial charge in [0.25, 0.3) is 5.91 Å².